The third-order valence-corrected chi connectivity index (χ3v) is 6.85. The third-order valence-electron chi connectivity index (χ3n) is 5.85. The molecule has 0 saturated carbocycles. The van der Waals surface area contributed by atoms with Crippen LogP contribution in [-0.4, -0.2) is 32.4 Å². The number of halogens is 3. The number of nitrogens with zero attached hydrogens (tertiary/aromatic N) is 1. The van der Waals surface area contributed by atoms with Crippen molar-refractivity contribution in [3.05, 3.63) is 40.1 Å². The number of amides is 1. The molecule has 0 radical (unpaired) electrons. The van der Waals surface area contributed by atoms with Crippen LogP contribution in [0.5, 0.6) is 0 Å². The Morgan fingerprint density at radius 1 is 0.972 bits per heavy atom. The zero-order valence-electron chi connectivity index (χ0n) is 22.5. The molecule has 0 aliphatic rings. The fourth-order valence-electron chi connectivity index (χ4n) is 2.81. The molecule has 6 nitrogen and oxygen atoms in total. The molecule has 0 heterocycles. The zero-order chi connectivity index (χ0) is 27.2. The summed E-state index contributed by atoms with van der Waals surface area (Å²) in [6, 6.07) is 5.66. The Morgan fingerprint density at radius 2 is 1.53 bits per heavy atom. The van der Waals surface area contributed by atoms with Gasteiger partial charge in [0.25, 0.3) is 0 Å². The second-order valence-electron chi connectivity index (χ2n) is 8.60. The summed E-state index contributed by atoms with van der Waals surface area (Å²) in [5.74, 6) is -0.632. The van der Waals surface area contributed by atoms with Crippen LogP contribution in [0.4, 0.5) is 13.2 Å². The summed E-state index contributed by atoms with van der Waals surface area (Å²) in [5.41, 5.74) is -4.87. The predicted octanol–water partition coefficient (Wildman–Crippen LogP) is 4.36. The van der Waals surface area contributed by atoms with Gasteiger partial charge in [-0.25, -0.2) is 8.42 Å². The summed E-state index contributed by atoms with van der Waals surface area (Å²) in [6.45, 7) is 12.8. The molecule has 1 aromatic rings. The monoisotopic (exact) mass is 561 g/mol. The van der Waals surface area contributed by atoms with E-state index in [0.717, 1.165) is 24.8 Å². The molecule has 0 saturated heterocycles. The van der Waals surface area contributed by atoms with Crippen LogP contribution in [0, 0.1) is 11.8 Å². The molecule has 3 atom stereocenters. The molecule has 1 aromatic carbocycles. The summed E-state index contributed by atoms with van der Waals surface area (Å²) in [5, 5.41) is 0. The summed E-state index contributed by atoms with van der Waals surface area (Å²) in [7, 11) is -5.80. The molecule has 0 fully saturated rings. The van der Waals surface area contributed by atoms with E-state index in [1.165, 1.54) is 31.4 Å². The minimum atomic E-state index is -5.80. The van der Waals surface area contributed by atoms with Gasteiger partial charge in [-0.1, -0.05) is 85.1 Å². The van der Waals surface area contributed by atoms with E-state index in [4.69, 9.17) is 4.74 Å². The number of hydrogen-bond acceptors (Lipinski definition) is 5. The normalized spacial score (nSPS) is 13.8. The van der Waals surface area contributed by atoms with Gasteiger partial charge in [0.05, 0.1) is 18.4 Å². The van der Waals surface area contributed by atoms with E-state index in [9.17, 15) is 31.2 Å². The van der Waals surface area contributed by atoms with Crippen molar-refractivity contribution in [2.24, 2.45) is 11.8 Å². The Bertz CT molecular complexity index is 877. The Morgan fingerprint density at radius 3 is 1.94 bits per heavy atom. The maximum atomic E-state index is 12.1. The number of unbranched alkanes of at least 4 members (excludes halogenated alkanes) is 1. The van der Waals surface area contributed by atoms with Crippen LogP contribution in [0.15, 0.2) is 24.3 Å². The number of esters is 1. The van der Waals surface area contributed by atoms with Crippen molar-refractivity contribution < 1.29 is 87.3 Å². The Labute approximate surface area is 257 Å². The Kier molecular flexibility index (Phi) is 19.6. The molecule has 0 bridgehead atoms. The molecule has 11 heteroatoms. The maximum Gasteiger partial charge on any atom is 1.00 e. The van der Waals surface area contributed by atoms with Crippen molar-refractivity contribution >= 4 is 21.9 Å². The molecular formula is C25H39F3KNO5S. The van der Waals surface area contributed by atoms with Gasteiger partial charge in [0.1, 0.15) is 0 Å². The summed E-state index contributed by atoms with van der Waals surface area (Å²) in [6.07, 6.45) is 6.47. The van der Waals surface area contributed by atoms with E-state index in [0.29, 0.717) is 12.5 Å². The minimum Gasteiger partial charge on any atom is -0.534 e. The van der Waals surface area contributed by atoms with Crippen LogP contribution >= 0.6 is 0 Å². The van der Waals surface area contributed by atoms with Gasteiger partial charge < -0.3 is 14.3 Å². The van der Waals surface area contributed by atoms with Gasteiger partial charge >= 0.3 is 62.9 Å². The fourth-order valence-corrected chi connectivity index (χ4v) is 3.24. The van der Waals surface area contributed by atoms with Gasteiger partial charge in [-0.15, -0.1) is 0 Å². The van der Waals surface area contributed by atoms with E-state index in [1.807, 2.05) is 27.7 Å². The van der Waals surface area contributed by atoms with E-state index in [2.05, 4.69) is 18.6 Å². The Balaban J connectivity index is 0. The second kappa shape index (κ2) is 18.7. The Hall–Kier alpha value is -0.464. The first-order valence-electron chi connectivity index (χ1n) is 12.1. The molecule has 0 aliphatic carbocycles. The first-order valence-corrected chi connectivity index (χ1v) is 13.5. The first kappa shape index (κ1) is 37.7. The van der Waals surface area contributed by atoms with Gasteiger partial charge in [-0.3, -0.25) is 4.79 Å². The van der Waals surface area contributed by atoms with E-state index in [1.54, 1.807) is 12.1 Å². The van der Waals surface area contributed by atoms with Gasteiger partial charge in [0.15, 0.2) is 10.0 Å². The van der Waals surface area contributed by atoms with Gasteiger partial charge in [0, 0.05) is 0 Å². The molecule has 1 rings (SSSR count). The number of benzene rings is 1. The molecule has 0 aromatic heterocycles. The molecule has 3 unspecified atom stereocenters. The number of carbonyl (C=O) groups excluding carboxylic acids is 2. The van der Waals surface area contributed by atoms with Crippen LogP contribution < -0.4 is 51.4 Å². The maximum absolute atomic E-state index is 12.1. The second-order valence-corrected chi connectivity index (χ2v) is 10.2. The molecule has 36 heavy (non-hydrogen) atoms. The molecule has 0 spiro atoms. The van der Waals surface area contributed by atoms with Crippen molar-refractivity contribution in [3.8, 4) is 0 Å². The van der Waals surface area contributed by atoms with E-state index in [-0.39, 0.29) is 74.8 Å². The van der Waals surface area contributed by atoms with Crippen LogP contribution in [0.3, 0.4) is 0 Å². The van der Waals surface area contributed by atoms with Crippen molar-refractivity contribution in [1.29, 1.82) is 0 Å². The first-order chi connectivity index (χ1) is 16.2. The average molecular weight is 562 g/mol. The number of hydrogen-bond donors (Lipinski definition) is 0. The van der Waals surface area contributed by atoms with Crippen molar-refractivity contribution in [1.82, 2.24) is 0 Å². The SMILES string of the molecule is CCC(C)c1ccc(C(=O)[N-]S(=O)(=O)C(F)(F)F)cc1.CCCCC(CC)COC(=O)C(C)CC.[K+]. The molecule has 0 N–H and O–H groups in total. The van der Waals surface area contributed by atoms with Crippen molar-refractivity contribution in [2.75, 3.05) is 6.61 Å². The topological polar surface area (TPSA) is 91.6 Å². The fraction of sp³-hybridized carbons (Fsp3) is 0.680. The van der Waals surface area contributed by atoms with Gasteiger partial charge in [0.2, 0.25) is 0 Å². The van der Waals surface area contributed by atoms with E-state index < -0.39 is 21.4 Å². The van der Waals surface area contributed by atoms with Gasteiger partial charge in [-0.2, -0.15) is 13.2 Å². The summed E-state index contributed by atoms with van der Waals surface area (Å²) < 4.78 is 65.3. The molecule has 1 amide bonds. The van der Waals surface area contributed by atoms with Crippen LogP contribution in [-0.2, 0) is 19.6 Å². The number of carbonyl (C=O) groups is 2. The smallest absolute Gasteiger partial charge is 0.534 e. The average Bonchev–Trinajstić information content (AvgIpc) is 2.82. The standard InChI is InChI=1S/C13H26O2.C12H14F3NO3S.K/c1-5-8-9-12(7-3)10-15-13(14)11(4)6-2;1-3-8(2)9-4-6-10(7-5-9)11(17)16-20(18,19)12(13,14)15;/h11-12H,5-10H2,1-4H3;4-8H,3H2,1-2H3,(H,16,17);/q;;+1/p-1. The summed E-state index contributed by atoms with van der Waals surface area (Å²) in [4.78, 5) is 22.9. The number of alkyl halides is 3. The number of sulfonamides is 1. The molecule has 0 aliphatic heterocycles. The number of ether oxygens (including phenoxy) is 1. The quantitative estimate of drug-likeness (QED) is 0.279. The third kappa shape index (κ3) is 13.9. The predicted molar refractivity (Wildman–Crippen MR) is 132 cm³/mol. The largest absolute Gasteiger partial charge is 1.00 e. The van der Waals surface area contributed by atoms with Crippen molar-refractivity contribution in [2.45, 2.75) is 91.5 Å². The zero-order valence-corrected chi connectivity index (χ0v) is 26.5. The van der Waals surface area contributed by atoms with Crippen LogP contribution in [0.1, 0.15) is 102 Å². The summed E-state index contributed by atoms with van der Waals surface area (Å²) >= 11 is 0. The minimum absolute atomic E-state index is 0. The van der Waals surface area contributed by atoms with Crippen molar-refractivity contribution in [3.63, 3.8) is 0 Å². The number of rotatable bonds is 12. The van der Waals surface area contributed by atoms with Crippen LogP contribution in [0.25, 0.3) is 4.72 Å². The van der Waals surface area contributed by atoms with Crippen LogP contribution in [0.2, 0.25) is 0 Å². The molecule has 202 valence electrons. The van der Waals surface area contributed by atoms with Gasteiger partial charge in [-0.05, 0) is 42.2 Å². The molecular weight excluding hydrogens is 522 g/mol. The van der Waals surface area contributed by atoms with E-state index >= 15 is 0 Å².